The maximum Gasteiger partial charge on any atom is 0.222 e. The number of aliphatic hydroxyl groups is 5. The van der Waals surface area contributed by atoms with Crippen LogP contribution in [0, 0.1) is 0 Å². The molecule has 0 aromatic heterocycles. The van der Waals surface area contributed by atoms with E-state index < -0.39 is 43.0 Å². The van der Waals surface area contributed by atoms with Crippen molar-refractivity contribution in [1.29, 1.82) is 0 Å². The molecule has 0 aromatic rings. The molecular weight excluding hydrogens is 292 g/mol. The number of nitrogens with two attached hydrogens (primary N) is 1. The Labute approximate surface area is 131 Å². The lowest BCUT2D eigenvalue weighted by Gasteiger charge is -2.29. The minimum absolute atomic E-state index is 0.312. The molecule has 132 valence electrons. The van der Waals surface area contributed by atoms with E-state index in [1.54, 1.807) is 0 Å². The van der Waals surface area contributed by atoms with E-state index in [-0.39, 0.29) is 6.42 Å². The van der Waals surface area contributed by atoms with Crippen LogP contribution in [0.25, 0.3) is 0 Å². The lowest BCUT2D eigenvalue weighted by atomic mass is 9.96. The second-order valence-electron chi connectivity index (χ2n) is 5.49. The average molecular weight is 322 g/mol. The summed E-state index contributed by atoms with van der Waals surface area (Å²) >= 11 is 0. The Bertz CT molecular complexity index is 305. The number of aliphatic hydroxyl groups excluding tert-OH is 5. The first-order valence-corrected chi connectivity index (χ1v) is 7.70. The van der Waals surface area contributed by atoms with Crippen LogP contribution in [0.3, 0.4) is 0 Å². The van der Waals surface area contributed by atoms with E-state index in [2.05, 4.69) is 12.2 Å². The summed E-state index contributed by atoms with van der Waals surface area (Å²) in [6.45, 7) is 1.85. The van der Waals surface area contributed by atoms with Gasteiger partial charge in [0, 0.05) is 6.54 Å². The summed E-state index contributed by atoms with van der Waals surface area (Å²) in [5, 5.41) is 49.6. The van der Waals surface area contributed by atoms with Crippen molar-refractivity contribution in [2.45, 2.75) is 69.5 Å². The number of hydrogen-bond acceptors (Lipinski definition) is 7. The number of carbonyl (C=O) groups excluding carboxylic acids is 1. The van der Waals surface area contributed by atoms with Gasteiger partial charge in [0.15, 0.2) is 0 Å². The Kier molecular flexibility index (Phi) is 11.3. The van der Waals surface area contributed by atoms with Crippen LogP contribution in [-0.4, -0.2) is 75.0 Å². The number of nitrogens with one attached hydrogen (secondary N) is 1. The highest BCUT2D eigenvalue weighted by Gasteiger charge is 2.33. The van der Waals surface area contributed by atoms with Gasteiger partial charge in [-0.15, -0.1) is 0 Å². The fourth-order valence-electron chi connectivity index (χ4n) is 1.97. The molecule has 0 spiro atoms. The first-order valence-electron chi connectivity index (χ1n) is 7.70. The minimum Gasteiger partial charge on any atom is -0.394 e. The lowest BCUT2D eigenvalue weighted by molar-refractivity contribution is -0.125. The van der Waals surface area contributed by atoms with Gasteiger partial charge >= 0.3 is 0 Å². The minimum atomic E-state index is -1.70. The zero-order valence-corrected chi connectivity index (χ0v) is 13.1. The molecule has 0 bridgehead atoms. The second kappa shape index (κ2) is 11.8. The number of amides is 1. The Morgan fingerprint density at radius 2 is 1.68 bits per heavy atom. The van der Waals surface area contributed by atoms with Crippen molar-refractivity contribution < 1.29 is 30.3 Å². The maximum atomic E-state index is 11.6. The Balaban J connectivity index is 4.12. The van der Waals surface area contributed by atoms with Gasteiger partial charge in [-0.1, -0.05) is 26.2 Å². The van der Waals surface area contributed by atoms with E-state index in [1.165, 1.54) is 0 Å². The zero-order valence-electron chi connectivity index (χ0n) is 13.1. The van der Waals surface area contributed by atoms with Gasteiger partial charge in [0.2, 0.25) is 5.91 Å². The Hall–Kier alpha value is -0.770. The van der Waals surface area contributed by atoms with Crippen molar-refractivity contribution in [3.8, 4) is 0 Å². The molecule has 1 amide bonds. The molecule has 0 aliphatic heterocycles. The van der Waals surface area contributed by atoms with Gasteiger partial charge in [0.1, 0.15) is 18.3 Å². The quantitative estimate of drug-likeness (QED) is 0.202. The van der Waals surface area contributed by atoms with Gasteiger partial charge in [0.25, 0.3) is 0 Å². The molecule has 8 heteroatoms. The largest absolute Gasteiger partial charge is 0.394 e. The number of unbranched alkanes of at least 4 members (excludes halogenated alkanes) is 3. The van der Waals surface area contributed by atoms with E-state index in [9.17, 15) is 25.2 Å². The van der Waals surface area contributed by atoms with Crippen LogP contribution in [0.5, 0.6) is 0 Å². The highest BCUT2D eigenvalue weighted by Crippen LogP contribution is 2.09. The topological polar surface area (TPSA) is 156 Å². The summed E-state index contributed by atoms with van der Waals surface area (Å²) in [7, 11) is 0. The van der Waals surface area contributed by atoms with Crippen LogP contribution in [0.2, 0.25) is 0 Å². The van der Waals surface area contributed by atoms with Crippen LogP contribution < -0.4 is 11.1 Å². The molecule has 0 aromatic carbocycles. The Morgan fingerprint density at radius 1 is 1.05 bits per heavy atom. The van der Waals surface area contributed by atoms with Gasteiger partial charge in [-0.2, -0.15) is 0 Å². The van der Waals surface area contributed by atoms with E-state index >= 15 is 0 Å². The van der Waals surface area contributed by atoms with Gasteiger partial charge in [-0.05, 0) is 6.42 Å². The molecule has 0 saturated carbocycles. The average Bonchev–Trinajstić information content (AvgIpc) is 2.51. The van der Waals surface area contributed by atoms with Crippen LogP contribution >= 0.6 is 0 Å². The third kappa shape index (κ3) is 8.02. The van der Waals surface area contributed by atoms with Crippen molar-refractivity contribution in [3.63, 3.8) is 0 Å². The predicted molar refractivity (Wildman–Crippen MR) is 80.9 cm³/mol. The third-order valence-corrected chi connectivity index (χ3v) is 3.52. The first-order chi connectivity index (χ1) is 10.3. The highest BCUT2D eigenvalue weighted by molar-refractivity contribution is 5.76. The molecule has 0 aliphatic rings. The molecule has 8 nitrogen and oxygen atoms in total. The molecule has 0 heterocycles. The van der Waals surface area contributed by atoms with Crippen molar-refractivity contribution >= 4 is 5.91 Å². The van der Waals surface area contributed by atoms with Crippen LogP contribution in [0.15, 0.2) is 0 Å². The molecule has 0 unspecified atom stereocenters. The first kappa shape index (κ1) is 21.2. The monoisotopic (exact) mass is 322 g/mol. The number of rotatable bonds is 12. The van der Waals surface area contributed by atoms with Crippen molar-refractivity contribution in [1.82, 2.24) is 5.32 Å². The maximum absolute atomic E-state index is 11.6. The molecule has 0 rings (SSSR count). The molecule has 0 radical (unpaired) electrons. The van der Waals surface area contributed by atoms with Crippen LogP contribution in [-0.2, 0) is 4.79 Å². The van der Waals surface area contributed by atoms with Crippen molar-refractivity contribution in [2.24, 2.45) is 5.73 Å². The van der Waals surface area contributed by atoms with Crippen LogP contribution in [0.4, 0.5) is 0 Å². The van der Waals surface area contributed by atoms with E-state index in [1.807, 2.05) is 0 Å². The van der Waals surface area contributed by atoms with Crippen molar-refractivity contribution in [2.75, 3.05) is 13.2 Å². The normalized spacial score (nSPS) is 18.3. The summed E-state index contributed by atoms with van der Waals surface area (Å²) in [5.41, 5.74) is 5.56. The molecule has 22 heavy (non-hydrogen) atoms. The Morgan fingerprint density at radius 3 is 2.23 bits per heavy atom. The molecule has 0 fully saturated rings. The fourth-order valence-corrected chi connectivity index (χ4v) is 1.97. The molecular formula is C14H30N2O6. The van der Waals surface area contributed by atoms with Gasteiger partial charge in [0.05, 0.1) is 25.2 Å². The second-order valence-corrected chi connectivity index (χ2v) is 5.49. The van der Waals surface area contributed by atoms with E-state index in [0.29, 0.717) is 6.54 Å². The summed E-state index contributed by atoms with van der Waals surface area (Å²) in [6, 6.07) is -1.32. The molecule has 8 N–H and O–H groups in total. The summed E-state index contributed by atoms with van der Waals surface area (Å²) in [4.78, 5) is 11.6. The smallest absolute Gasteiger partial charge is 0.222 e. The fraction of sp³-hybridized carbons (Fsp3) is 0.929. The summed E-state index contributed by atoms with van der Waals surface area (Å²) in [6.07, 6.45) is -2.54. The molecule has 5 atom stereocenters. The SMILES string of the molecule is CCCCCCNC(=O)C[C@H](O)[C@@H](N)[C@@H](O)[C@H](O)[C@H](O)CO. The lowest BCUT2D eigenvalue weighted by Crippen LogP contribution is -2.54. The molecule has 0 aliphatic carbocycles. The summed E-state index contributed by atoms with van der Waals surface area (Å²) < 4.78 is 0. The standard InChI is InChI=1S/C14H30N2O6/c1-2-3-4-5-6-16-11(20)7-9(18)12(15)14(22)13(21)10(19)8-17/h9-10,12-14,17-19,21-22H,2-8,15H2,1H3,(H,16,20)/t9-,10+,12+,13+,14+/m0/s1. The van der Waals surface area contributed by atoms with Crippen molar-refractivity contribution in [3.05, 3.63) is 0 Å². The van der Waals surface area contributed by atoms with Gasteiger partial charge in [-0.3, -0.25) is 4.79 Å². The third-order valence-electron chi connectivity index (χ3n) is 3.52. The van der Waals surface area contributed by atoms with E-state index in [0.717, 1.165) is 25.7 Å². The van der Waals surface area contributed by atoms with Gasteiger partial charge in [-0.25, -0.2) is 0 Å². The zero-order chi connectivity index (χ0) is 17.1. The molecule has 0 saturated heterocycles. The highest BCUT2D eigenvalue weighted by atomic mass is 16.4. The van der Waals surface area contributed by atoms with Crippen LogP contribution in [0.1, 0.15) is 39.0 Å². The number of hydrogen-bond donors (Lipinski definition) is 7. The number of carbonyl (C=O) groups is 1. The van der Waals surface area contributed by atoms with Gasteiger partial charge < -0.3 is 36.6 Å². The predicted octanol–water partition coefficient (Wildman–Crippen LogP) is -2.16. The van der Waals surface area contributed by atoms with E-state index in [4.69, 9.17) is 10.8 Å². The summed E-state index contributed by atoms with van der Waals surface area (Å²) in [5.74, 6) is -0.399.